The molecule has 0 amide bonds. The number of aromatic nitrogens is 1. The van der Waals surface area contributed by atoms with E-state index >= 15 is 0 Å². The first kappa shape index (κ1) is 8.81. The number of hydrogen-bond acceptors (Lipinski definition) is 2. The van der Waals surface area contributed by atoms with E-state index in [1.807, 2.05) is 35.9 Å². The van der Waals surface area contributed by atoms with Crippen molar-refractivity contribution in [3.8, 4) is 5.88 Å². The lowest BCUT2D eigenvalue weighted by atomic mass is 10.2. The molecular formula is C11H11NO2. The maximum atomic E-state index is 11.6. The van der Waals surface area contributed by atoms with E-state index in [4.69, 9.17) is 4.74 Å². The number of fused-ring (bicyclic) bond motifs is 1. The Labute approximate surface area is 81.5 Å². The zero-order valence-corrected chi connectivity index (χ0v) is 8.15. The second-order valence-electron chi connectivity index (χ2n) is 3.13. The van der Waals surface area contributed by atoms with E-state index in [0.29, 0.717) is 5.88 Å². The molecule has 1 aromatic heterocycles. The summed E-state index contributed by atoms with van der Waals surface area (Å²) < 4.78 is 6.95. The van der Waals surface area contributed by atoms with E-state index < -0.39 is 0 Å². The summed E-state index contributed by atoms with van der Waals surface area (Å²) in [7, 11) is 3.43. The van der Waals surface area contributed by atoms with Gasteiger partial charge in [0.15, 0.2) is 11.3 Å². The van der Waals surface area contributed by atoms with E-state index in [9.17, 15) is 4.79 Å². The molecule has 72 valence electrons. The van der Waals surface area contributed by atoms with Crippen LogP contribution < -0.4 is 10.2 Å². The fraction of sp³-hybridized carbons (Fsp3) is 0.182. The summed E-state index contributed by atoms with van der Waals surface area (Å²) in [5, 5.41) is 0.718. The van der Waals surface area contributed by atoms with Crippen molar-refractivity contribution >= 4 is 10.9 Å². The molecule has 0 radical (unpaired) electrons. The van der Waals surface area contributed by atoms with Gasteiger partial charge in [0.05, 0.1) is 12.6 Å². The van der Waals surface area contributed by atoms with Crippen LogP contribution in [0.2, 0.25) is 0 Å². The monoisotopic (exact) mass is 189 g/mol. The summed E-state index contributed by atoms with van der Waals surface area (Å²) in [6, 6.07) is 8.98. The predicted molar refractivity (Wildman–Crippen MR) is 55.7 cm³/mol. The molecule has 2 rings (SSSR count). The molecule has 0 N–H and O–H groups in total. The molecule has 0 aliphatic rings. The molecule has 2 aromatic rings. The number of pyridine rings is 1. The number of benzene rings is 1. The Morgan fingerprint density at radius 3 is 2.71 bits per heavy atom. The van der Waals surface area contributed by atoms with Crippen LogP contribution in [0.3, 0.4) is 0 Å². The average molecular weight is 189 g/mol. The minimum absolute atomic E-state index is 0.00412. The fourth-order valence-corrected chi connectivity index (χ4v) is 1.58. The van der Waals surface area contributed by atoms with Crippen LogP contribution >= 0.6 is 0 Å². The van der Waals surface area contributed by atoms with Gasteiger partial charge in [-0.2, -0.15) is 0 Å². The Morgan fingerprint density at radius 2 is 2.00 bits per heavy atom. The largest absolute Gasteiger partial charge is 0.482 e. The third-order valence-corrected chi connectivity index (χ3v) is 2.33. The average Bonchev–Trinajstić information content (AvgIpc) is 2.23. The van der Waals surface area contributed by atoms with Crippen LogP contribution in [-0.4, -0.2) is 11.7 Å². The highest BCUT2D eigenvalue weighted by Crippen LogP contribution is 2.15. The van der Waals surface area contributed by atoms with Crippen LogP contribution in [0, 0.1) is 0 Å². The van der Waals surface area contributed by atoms with Gasteiger partial charge in [-0.25, -0.2) is 0 Å². The van der Waals surface area contributed by atoms with Gasteiger partial charge in [-0.3, -0.25) is 4.79 Å². The Morgan fingerprint density at radius 1 is 1.29 bits per heavy atom. The summed E-state index contributed by atoms with van der Waals surface area (Å²) >= 11 is 0. The second kappa shape index (κ2) is 3.18. The molecule has 0 spiro atoms. The fourth-order valence-electron chi connectivity index (χ4n) is 1.58. The zero-order valence-electron chi connectivity index (χ0n) is 8.15. The third kappa shape index (κ3) is 1.18. The van der Waals surface area contributed by atoms with Gasteiger partial charge in [0.1, 0.15) is 0 Å². The van der Waals surface area contributed by atoms with Gasteiger partial charge in [-0.05, 0) is 12.1 Å². The Balaban J connectivity index is 2.95. The van der Waals surface area contributed by atoms with Crippen molar-refractivity contribution in [1.82, 2.24) is 4.57 Å². The van der Waals surface area contributed by atoms with Crippen LogP contribution in [0.15, 0.2) is 35.1 Å². The molecule has 14 heavy (non-hydrogen) atoms. The third-order valence-electron chi connectivity index (χ3n) is 2.33. The van der Waals surface area contributed by atoms with Gasteiger partial charge < -0.3 is 9.30 Å². The van der Waals surface area contributed by atoms with Crippen molar-refractivity contribution in [2.24, 2.45) is 7.05 Å². The van der Waals surface area contributed by atoms with Gasteiger partial charge in [-0.15, -0.1) is 0 Å². The van der Waals surface area contributed by atoms with E-state index in [0.717, 1.165) is 10.9 Å². The normalized spacial score (nSPS) is 10.4. The van der Waals surface area contributed by atoms with Gasteiger partial charge in [0.2, 0.25) is 0 Å². The van der Waals surface area contributed by atoms with Crippen molar-refractivity contribution in [1.29, 1.82) is 0 Å². The number of para-hydroxylation sites is 1. The molecule has 0 fully saturated rings. The van der Waals surface area contributed by atoms with E-state index in [2.05, 4.69) is 0 Å². The molecule has 0 saturated carbocycles. The lowest BCUT2D eigenvalue weighted by Crippen LogP contribution is -2.08. The zero-order chi connectivity index (χ0) is 10.1. The smallest absolute Gasteiger partial charge is 0.197 e. The van der Waals surface area contributed by atoms with Crippen molar-refractivity contribution in [3.63, 3.8) is 0 Å². The van der Waals surface area contributed by atoms with Crippen molar-refractivity contribution in [2.75, 3.05) is 7.11 Å². The SMILES string of the molecule is COc1cc(=O)c2ccccc2n1C. The number of aryl methyl sites for hydroxylation is 1. The van der Waals surface area contributed by atoms with Crippen LogP contribution in [0.5, 0.6) is 5.88 Å². The minimum Gasteiger partial charge on any atom is -0.482 e. The summed E-state index contributed by atoms with van der Waals surface area (Å²) in [6.07, 6.45) is 0. The minimum atomic E-state index is -0.00412. The van der Waals surface area contributed by atoms with E-state index in [1.165, 1.54) is 6.07 Å². The van der Waals surface area contributed by atoms with E-state index in [1.54, 1.807) is 7.11 Å². The van der Waals surface area contributed by atoms with Crippen LogP contribution in [0.25, 0.3) is 10.9 Å². The molecule has 0 unspecified atom stereocenters. The Bertz CT molecular complexity index is 528. The lowest BCUT2D eigenvalue weighted by Gasteiger charge is -2.09. The van der Waals surface area contributed by atoms with Gasteiger partial charge in [-0.1, -0.05) is 12.1 Å². The maximum absolute atomic E-state index is 11.6. The molecule has 0 saturated heterocycles. The van der Waals surface area contributed by atoms with E-state index in [-0.39, 0.29) is 5.43 Å². The molecule has 1 heterocycles. The Kier molecular flexibility index (Phi) is 2.00. The number of rotatable bonds is 1. The number of nitrogens with zero attached hydrogens (tertiary/aromatic N) is 1. The molecular weight excluding hydrogens is 178 g/mol. The first-order valence-corrected chi connectivity index (χ1v) is 4.37. The standard InChI is InChI=1S/C11H11NO2/c1-12-9-6-4-3-5-8(9)10(13)7-11(12)14-2/h3-7H,1-2H3. The summed E-state index contributed by atoms with van der Waals surface area (Å²) in [5.74, 6) is 0.578. The van der Waals surface area contributed by atoms with Crippen LogP contribution in [0.4, 0.5) is 0 Å². The number of methoxy groups -OCH3 is 1. The number of ether oxygens (including phenoxy) is 1. The highest BCUT2D eigenvalue weighted by Gasteiger charge is 2.04. The molecule has 0 bridgehead atoms. The van der Waals surface area contributed by atoms with Gasteiger partial charge in [0, 0.05) is 18.5 Å². The molecule has 0 aliphatic heterocycles. The first-order valence-electron chi connectivity index (χ1n) is 4.37. The molecule has 3 heteroatoms. The molecule has 0 atom stereocenters. The van der Waals surface area contributed by atoms with Gasteiger partial charge in [0.25, 0.3) is 0 Å². The molecule has 1 aromatic carbocycles. The summed E-state index contributed by atoms with van der Waals surface area (Å²) in [6.45, 7) is 0. The molecule has 3 nitrogen and oxygen atoms in total. The maximum Gasteiger partial charge on any atom is 0.197 e. The summed E-state index contributed by atoms with van der Waals surface area (Å²) in [5.41, 5.74) is 0.882. The Hall–Kier alpha value is -1.77. The highest BCUT2D eigenvalue weighted by atomic mass is 16.5. The van der Waals surface area contributed by atoms with Crippen LogP contribution in [0.1, 0.15) is 0 Å². The topological polar surface area (TPSA) is 31.2 Å². The van der Waals surface area contributed by atoms with Crippen molar-refractivity contribution in [2.45, 2.75) is 0 Å². The van der Waals surface area contributed by atoms with Crippen molar-refractivity contribution in [3.05, 3.63) is 40.6 Å². The van der Waals surface area contributed by atoms with Crippen LogP contribution in [-0.2, 0) is 7.05 Å². The lowest BCUT2D eigenvalue weighted by molar-refractivity contribution is 0.381. The molecule has 0 aliphatic carbocycles. The first-order chi connectivity index (χ1) is 6.74. The highest BCUT2D eigenvalue weighted by molar-refractivity contribution is 5.79. The van der Waals surface area contributed by atoms with Crippen molar-refractivity contribution < 1.29 is 4.74 Å². The quantitative estimate of drug-likeness (QED) is 0.681. The summed E-state index contributed by atoms with van der Waals surface area (Å²) in [4.78, 5) is 11.6. The number of hydrogen-bond donors (Lipinski definition) is 0. The van der Waals surface area contributed by atoms with Gasteiger partial charge >= 0.3 is 0 Å². The second-order valence-corrected chi connectivity index (χ2v) is 3.13. The predicted octanol–water partition coefficient (Wildman–Crippen LogP) is 1.55.